The lowest BCUT2D eigenvalue weighted by atomic mass is 10.2. The van der Waals surface area contributed by atoms with Crippen molar-refractivity contribution in [1.82, 2.24) is 0 Å². The number of rotatable bonds is 5. The lowest BCUT2D eigenvalue weighted by Crippen LogP contribution is -2.30. The predicted molar refractivity (Wildman–Crippen MR) is 92.7 cm³/mol. The third-order valence-electron chi connectivity index (χ3n) is 3.41. The molecule has 0 fully saturated rings. The summed E-state index contributed by atoms with van der Waals surface area (Å²) in [6.45, 7) is 3.54. The standard InChI is InChI=1S/C18H18ClNO4/c1-11-6-4-5-7-16(11)24-12(2)17(21)20-15-10-13(18(22)23-3)8-9-14(15)19/h4-10,12H,1-3H3,(H,20,21). The molecule has 0 heterocycles. The number of ether oxygens (including phenoxy) is 2. The normalized spacial score (nSPS) is 11.5. The number of para-hydroxylation sites is 1. The summed E-state index contributed by atoms with van der Waals surface area (Å²) in [5.74, 6) is -0.247. The molecule has 126 valence electrons. The van der Waals surface area contributed by atoms with Gasteiger partial charge in [-0.3, -0.25) is 4.79 Å². The Labute approximate surface area is 145 Å². The minimum absolute atomic E-state index is 0.296. The Balaban J connectivity index is 2.11. The van der Waals surface area contributed by atoms with Gasteiger partial charge < -0.3 is 14.8 Å². The first-order valence-corrected chi connectivity index (χ1v) is 7.71. The molecule has 0 aliphatic rings. The van der Waals surface area contributed by atoms with E-state index < -0.39 is 12.1 Å². The SMILES string of the molecule is COC(=O)c1ccc(Cl)c(NC(=O)C(C)Oc2ccccc2C)c1. The average Bonchev–Trinajstić information content (AvgIpc) is 2.58. The molecule has 0 aliphatic carbocycles. The van der Waals surface area contributed by atoms with Crippen molar-refractivity contribution in [1.29, 1.82) is 0 Å². The minimum atomic E-state index is -0.732. The lowest BCUT2D eigenvalue weighted by Gasteiger charge is -2.17. The number of methoxy groups -OCH3 is 1. The van der Waals surface area contributed by atoms with E-state index in [9.17, 15) is 9.59 Å². The second-order valence-corrected chi connectivity index (χ2v) is 5.61. The van der Waals surface area contributed by atoms with Crippen molar-refractivity contribution < 1.29 is 19.1 Å². The number of esters is 1. The van der Waals surface area contributed by atoms with E-state index in [1.54, 1.807) is 13.0 Å². The first-order valence-electron chi connectivity index (χ1n) is 7.33. The molecule has 1 unspecified atom stereocenters. The molecule has 1 amide bonds. The van der Waals surface area contributed by atoms with Gasteiger partial charge >= 0.3 is 5.97 Å². The highest BCUT2D eigenvalue weighted by Gasteiger charge is 2.18. The van der Waals surface area contributed by atoms with E-state index in [-0.39, 0.29) is 5.91 Å². The van der Waals surface area contributed by atoms with E-state index in [4.69, 9.17) is 16.3 Å². The Morgan fingerprint density at radius 3 is 2.54 bits per heavy atom. The van der Waals surface area contributed by atoms with Crippen molar-refractivity contribution in [2.24, 2.45) is 0 Å². The Morgan fingerprint density at radius 1 is 1.17 bits per heavy atom. The summed E-state index contributed by atoms with van der Waals surface area (Å²) in [5.41, 5.74) is 1.55. The smallest absolute Gasteiger partial charge is 0.337 e. The maximum Gasteiger partial charge on any atom is 0.337 e. The van der Waals surface area contributed by atoms with E-state index in [0.717, 1.165) is 5.56 Å². The zero-order valence-corrected chi connectivity index (χ0v) is 14.4. The fourth-order valence-corrected chi connectivity index (χ4v) is 2.20. The number of anilines is 1. The van der Waals surface area contributed by atoms with E-state index in [2.05, 4.69) is 10.1 Å². The number of nitrogens with one attached hydrogen (secondary N) is 1. The Kier molecular flexibility index (Phi) is 5.82. The maximum atomic E-state index is 12.3. The van der Waals surface area contributed by atoms with Gasteiger partial charge in [-0.05, 0) is 43.7 Å². The largest absolute Gasteiger partial charge is 0.481 e. The molecule has 1 N–H and O–H groups in total. The molecule has 6 heteroatoms. The van der Waals surface area contributed by atoms with Gasteiger partial charge in [0.15, 0.2) is 6.10 Å². The number of halogens is 1. The van der Waals surface area contributed by atoms with Crippen molar-refractivity contribution in [3.05, 3.63) is 58.6 Å². The summed E-state index contributed by atoms with van der Waals surface area (Å²) in [6, 6.07) is 11.9. The zero-order chi connectivity index (χ0) is 17.7. The van der Waals surface area contributed by atoms with Crippen LogP contribution in [-0.4, -0.2) is 25.1 Å². The Morgan fingerprint density at radius 2 is 1.88 bits per heavy atom. The number of benzene rings is 2. The monoisotopic (exact) mass is 347 g/mol. The van der Waals surface area contributed by atoms with Gasteiger partial charge in [0.25, 0.3) is 5.91 Å². The first-order chi connectivity index (χ1) is 11.4. The fourth-order valence-electron chi connectivity index (χ4n) is 2.03. The van der Waals surface area contributed by atoms with Gasteiger partial charge in [-0.15, -0.1) is 0 Å². The molecule has 0 aromatic heterocycles. The van der Waals surface area contributed by atoms with Crippen LogP contribution >= 0.6 is 11.6 Å². The number of aryl methyl sites for hydroxylation is 1. The summed E-state index contributed by atoms with van der Waals surface area (Å²) in [6.07, 6.45) is -0.732. The van der Waals surface area contributed by atoms with Crippen molar-refractivity contribution in [2.75, 3.05) is 12.4 Å². The number of hydrogen-bond acceptors (Lipinski definition) is 4. The topological polar surface area (TPSA) is 64.6 Å². The molecule has 1 atom stereocenters. The Bertz CT molecular complexity index is 760. The molecule has 0 saturated carbocycles. The summed E-state index contributed by atoms with van der Waals surface area (Å²) >= 11 is 6.07. The third kappa shape index (κ3) is 4.26. The van der Waals surface area contributed by atoms with Gasteiger partial charge in [0, 0.05) is 0 Å². The second-order valence-electron chi connectivity index (χ2n) is 5.20. The number of hydrogen-bond donors (Lipinski definition) is 1. The van der Waals surface area contributed by atoms with Gasteiger partial charge in [-0.25, -0.2) is 4.79 Å². The second kappa shape index (κ2) is 7.84. The quantitative estimate of drug-likeness (QED) is 0.834. The van der Waals surface area contributed by atoms with E-state index >= 15 is 0 Å². The van der Waals surface area contributed by atoms with Crippen molar-refractivity contribution in [2.45, 2.75) is 20.0 Å². The molecule has 0 spiro atoms. The van der Waals surface area contributed by atoms with Crippen LogP contribution in [0.4, 0.5) is 5.69 Å². The molecular weight excluding hydrogens is 330 g/mol. The van der Waals surface area contributed by atoms with Crippen LogP contribution in [0.2, 0.25) is 5.02 Å². The van der Waals surface area contributed by atoms with Crippen LogP contribution in [-0.2, 0) is 9.53 Å². The summed E-state index contributed by atoms with van der Waals surface area (Å²) in [4.78, 5) is 23.9. The molecule has 0 bridgehead atoms. The van der Waals surface area contributed by atoms with E-state index in [1.807, 2.05) is 25.1 Å². The first kappa shape index (κ1) is 17.8. The van der Waals surface area contributed by atoms with Crippen LogP contribution in [0.25, 0.3) is 0 Å². The molecular formula is C18H18ClNO4. The zero-order valence-electron chi connectivity index (χ0n) is 13.6. The maximum absolute atomic E-state index is 12.3. The highest BCUT2D eigenvalue weighted by molar-refractivity contribution is 6.33. The number of amides is 1. The summed E-state index contributed by atoms with van der Waals surface area (Å²) < 4.78 is 10.3. The summed E-state index contributed by atoms with van der Waals surface area (Å²) in [5, 5.41) is 2.98. The molecule has 0 radical (unpaired) electrons. The predicted octanol–water partition coefficient (Wildman–Crippen LogP) is 3.84. The fraction of sp³-hybridized carbons (Fsp3) is 0.222. The molecule has 24 heavy (non-hydrogen) atoms. The molecule has 0 saturated heterocycles. The van der Waals surface area contributed by atoms with Crippen molar-refractivity contribution in [3.63, 3.8) is 0 Å². The van der Waals surface area contributed by atoms with Crippen LogP contribution in [0.3, 0.4) is 0 Å². The van der Waals surface area contributed by atoms with Crippen LogP contribution in [0.1, 0.15) is 22.8 Å². The van der Waals surface area contributed by atoms with E-state index in [1.165, 1.54) is 25.3 Å². The van der Waals surface area contributed by atoms with Crippen LogP contribution in [0, 0.1) is 6.92 Å². The lowest BCUT2D eigenvalue weighted by molar-refractivity contribution is -0.122. The minimum Gasteiger partial charge on any atom is -0.481 e. The van der Waals surface area contributed by atoms with Gasteiger partial charge in [-0.2, -0.15) is 0 Å². The molecule has 2 aromatic carbocycles. The number of carbonyl (C=O) groups excluding carboxylic acids is 2. The van der Waals surface area contributed by atoms with Gasteiger partial charge in [-0.1, -0.05) is 29.8 Å². The molecule has 0 aliphatic heterocycles. The number of carbonyl (C=O) groups is 2. The average molecular weight is 348 g/mol. The molecule has 2 aromatic rings. The van der Waals surface area contributed by atoms with Gasteiger partial charge in [0.2, 0.25) is 0 Å². The van der Waals surface area contributed by atoms with E-state index in [0.29, 0.717) is 22.0 Å². The molecule has 5 nitrogen and oxygen atoms in total. The van der Waals surface area contributed by atoms with Crippen molar-refractivity contribution in [3.8, 4) is 5.75 Å². The highest BCUT2D eigenvalue weighted by atomic mass is 35.5. The third-order valence-corrected chi connectivity index (χ3v) is 3.74. The van der Waals surface area contributed by atoms with Crippen LogP contribution in [0.5, 0.6) is 5.75 Å². The van der Waals surface area contributed by atoms with Crippen LogP contribution in [0.15, 0.2) is 42.5 Å². The highest BCUT2D eigenvalue weighted by Crippen LogP contribution is 2.24. The Hall–Kier alpha value is -2.53. The van der Waals surface area contributed by atoms with Crippen LogP contribution < -0.4 is 10.1 Å². The van der Waals surface area contributed by atoms with Gasteiger partial charge in [0.05, 0.1) is 23.4 Å². The molecule has 2 rings (SSSR count). The summed E-state index contributed by atoms with van der Waals surface area (Å²) in [7, 11) is 1.29. The van der Waals surface area contributed by atoms with Gasteiger partial charge in [0.1, 0.15) is 5.75 Å². The van der Waals surface area contributed by atoms with Crippen molar-refractivity contribution >= 4 is 29.2 Å².